The Balaban J connectivity index is 1.56. The average molecular weight is 625 g/mol. The highest BCUT2D eigenvalue weighted by Gasteiger charge is 2.48. The van der Waals surface area contributed by atoms with Crippen molar-refractivity contribution in [3.05, 3.63) is 0 Å². The molecule has 0 bridgehead atoms. The number of carbonyl (C=O) groups excluding carboxylic acids is 1. The van der Waals surface area contributed by atoms with Crippen molar-refractivity contribution < 1.29 is 23.9 Å². The maximum absolute atomic E-state index is 12.8. The molecule has 7 heteroatoms. The van der Waals surface area contributed by atoms with Crippen LogP contribution >= 0.6 is 0 Å². The van der Waals surface area contributed by atoms with Gasteiger partial charge in [0.05, 0.1) is 13.2 Å². The molecular weight excluding hydrogens is 552 g/mol. The first kappa shape index (κ1) is 39.3. The topological polar surface area (TPSA) is 60.5 Å². The predicted octanol–water partition coefficient (Wildman–Crippen LogP) is 10.6. The lowest BCUT2D eigenvalue weighted by Gasteiger charge is -2.53. The first-order valence-electron chi connectivity index (χ1n) is 18.9. The molecule has 2 heterocycles. The standard InChI is InChI=1S/C37H72N2O5/c1-7-9-11-13-15-17-19-21-23-29-41-38-27-25-33(26-28-38)43-35(40)44-34-31-36(3,4)39(37(5,6)32-34)42-30-24-22-20-18-16-14-12-10-8-2/h33-34H,7-32H2,1-6H3. The molecule has 0 atom stereocenters. The molecule has 0 aromatic carbocycles. The summed E-state index contributed by atoms with van der Waals surface area (Å²) in [6.07, 6.45) is 25.9. The Bertz CT molecular complexity index is 705. The molecule has 0 N–H and O–H groups in total. The van der Waals surface area contributed by atoms with E-state index >= 15 is 0 Å². The molecular formula is C37H72N2O5. The van der Waals surface area contributed by atoms with Crippen molar-refractivity contribution in [1.82, 2.24) is 10.1 Å². The van der Waals surface area contributed by atoms with Gasteiger partial charge < -0.3 is 9.47 Å². The van der Waals surface area contributed by atoms with E-state index in [-0.39, 0.29) is 23.3 Å². The maximum Gasteiger partial charge on any atom is 0.508 e. The molecule has 2 aliphatic heterocycles. The Labute approximate surface area is 272 Å². The molecule has 0 spiro atoms. The molecule has 2 rings (SSSR count). The number of ether oxygens (including phenoxy) is 2. The van der Waals surface area contributed by atoms with Gasteiger partial charge >= 0.3 is 6.16 Å². The minimum atomic E-state index is -0.528. The number of hydrogen-bond acceptors (Lipinski definition) is 7. The van der Waals surface area contributed by atoms with Crippen molar-refractivity contribution in [1.29, 1.82) is 0 Å². The van der Waals surface area contributed by atoms with Crippen molar-refractivity contribution in [3.8, 4) is 0 Å². The van der Waals surface area contributed by atoms with E-state index in [0.717, 1.165) is 64.8 Å². The maximum atomic E-state index is 12.8. The minimum absolute atomic E-state index is 0.101. The Hall–Kier alpha value is -0.890. The second-order valence-electron chi connectivity index (χ2n) is 14.9. The fourth-order valence-electron chi connectivity index (χ4n) is 7.16. The van der Waals surface area contributed by atoms with Gasteiger partial charge in [-0.1, -0.05) is 117 Å². The number of rotatable bonds is 24. The van der Waals surface area contributed by atoms with E-state index in [1.165, 1.54) is 103 Å². The third-order valence-corrected chi connectivity index (χ3v) is 9.47. The third-order valence-electron chi connectivity index (χ3n) is 9.47. The fourth-order valence-corrected chi connectivity index (χ4v) is 7.16. The van der Waals surface area contributed by atoms with E-state index in [1.807, 2.05) is 5.06 Å². The second-order valence-corrected chi connectivity index (χ2v) is 14.9. The lowest BCUT2D eigenvalue weighted by molar-refractivity contribution is -0.293. The van der Waals surface area contributed by atoms with Crippen molar-refractivity contribution in [2.24, 2.45) is 0 Å². The fraction of sp³-hybridized carbons (Fsp3) is 0.973. The molecule has 0 amide bonds. The predicted molar refractivity (Wildman–Crippen MR) is 182 cm³/mol. The van der Waals surface area contributed by atoms with E-state index < -0.39 is 6.16 Å². The summed E-state index contributed by atoms with van der Waals surface area (Å²) in [6, 6.07) is 0. The van der Waals surface area contributed by atoms with Gasteiger partial charge in [-0.15, -0.1) is 0 Å². The summed E-state index contributed by atoms with van der Waals surface area (Å²) >= 11 is 0. The second kappa shape index (κ2) is 22.6. The van der Waals surface area contributed by atoms with Crippen LogP contribution in [-0.4, -0.2) is 65.9 Å². The largest absolute Gasteiger partial charge is 0.508 e. The minimum Gasteiger partial charge on any atom is -0.431 e. The van der Waals surface area contributed by atoms with E-state index in [0.29, 0.717) is 0 Å². The van der Waals surface area contributed by atoms with Crippen molar-refractivity contribution in [2.75, 3.05) is 26.3 Å². The van der Waals surface area contributed by atoms with Crippen molar-refractivity contribution >= 4 is 6.16 Å². The Morgan fingerprint density at radius 1 is 0.568 bits per heavy atom. The van der Waals surface area contributed by atoms with Gasteiger partial charge in [0.2, 0.25) is 0 Å². The van der Waals surface area contributed by atoms with Crippen LogP contribution in [0.3, 0.4) is 0 Å². The number of hydrogen-bond donors (Lipinski definition) is 0. The lowest BCUT2D eigenvalue weighted by Crippen LogP contribution is -2.62. The van der Waals surface area contributed by atoms with E-state index in [9.17, 15) is 4.79 Å². The lowest BCUT2D eigenvalue weighted by atomic mass is 9.80. The molecule has 0 unspecified atom stereocenters. The van der Waals surface area contributed by atoms with E-state index in [2.05, 4.69) is 46.6 Å². The summed E-state index contributed by atoms with van der Waals surface area (Å²) in [4.78, 5) is 25.1. The van der Waals surface area contributed by atoms with Gasteiger partial charge in [0.1, 0.15) is 12.2 Å². The number of nitrogens with zero attached hydrogens (tertiary/aromatic N) is 2. The van der Waals surface area contributed by atoms with Crippen LogP contribution in [0, 0.1) is 0 Å². The van der Waals surface area contributed by atoms with Gasteiger partial charge in [0.15, 0.2) is 0 Å². The van der Waals surface area contributed by atoms with Crippen LogP contribution in [0.5, 0.6) is 0 Å². The molecule has 0 radical (unpaired) electrons. The SMILES string of the molecule is CCCCCCCCCCCON1CCC(OC(=O)OC2CC(C)(C)N(OCCCCCCCCCCC)C(C)(C)C2)CC1. The zero-order chi connectivity index (χ0) is 32.1. The van der Waals surface area contributed by atoms with Crippen LogP contribution in [0.1, 0.15) is 183 Å². The molecule has 2 saturated heterocycles. The molecule has 2 fully saturated rings. The normalized spacial score (nSPS) is 19.8. The summed E-state index contributed by atoms with van der Waals surface area (Å²) < 4.78 is 11.7. The van der Waals surface area contributed by atoms with Crippen LogP contribution in [0.2, 0.25) is 0 Å². The zero-order valence-corrected chi connectivity index (χ0v) is 30.0. The van der Waals surface area contributed by atoms with Crippen molar-refractivity contribution in [2.45, 2.75) is 206 Å². The molecule has 44 heavy (non-hydrogen) atoms. The molecule has 0 aromatic heterocycles. The quantitative estimate of drug-likeness (QED) is 0.0782. The monoisotopic (exact) mass is 625 g/mol. The third kappa shape index (κ3) is 16.6. The number of hydroxylamine groups is 4. The summed E-state index contributed by atoms with van der Waals surface area (Å²) in [7, 11) is 0. The average Bonchev–Trinajstić information content (AvgIpc) is 2.96. The number of unbranched alkanes of at least 4 members (excludes halogenated alkanes) is 16. The van der Waals surface area contributed by atoms with Gasteiger partial charge in [0, 0.05) is 37.0 Å². The van der Waals surface area contributed by atoms with Crippen LogP contribution < -0.4 is 0 Å². The highest BCUT2D eigenvalue weighted by Crippen LogP contribution is 2.40. The Morgan fingerprint density at radius 3 is 1.41 bits per heavy atom. The number of piperidine rings is 2. The molecule has 0 saturated carbocycles. The first-order chi connectivity index (χ1) is 21.2. The van der Waals surface area contributed by atoms with Gasteiger partial charge in [-0.2, -0.15) is 10.1 Å². The zero-order valence-electron chi connectivity index (χ0n) is 30.0. The Morgan fingerprint density at radius 2 is 0.955 bits per heavy atom. The number of carbonyl (C=O) groups is 1. The van der Waals surface area contributed by atoms with Crippen LogP contribution in [0.15, 0.2) is 0 Å². The van der Waals surface area contributed by atoms with Gasteiger partial charge in [0.25, 0.3) is 0 Å². The van der Waals surface area contributed by atoms with Gasteiger partial charge in [-0.25, -0.2) is 4.79 Å². The van der Waals surface area contributed by atoms with Gasteiger partial charge in [-0.3, -0.25) is 9.68 Å². The van der Waals surface area contributed by atoms with Crippen LogP contribution in [-0.2, 0) is 19.1 Å². The Kier molecular flexibility index (Phi) is 20.2. The summed E-state index contributed by atoms with van der Waals surface area (Å²) in [5, 5.41) is 4.21. The van der Waals surface area contributed by atoms with E-state index in [4.69, 9.17) is 19.1 Å². The molecule has 0 aromatic rings. The van der Waals surface area contributed by atoms with E-state index in [1.54, 1.807) is 0 Å². The molecule has 7 nitrogen and oxygen atoms in total. The first-order valence-corrected chi connectivity index (χ1v) is 18.9. The van der Waals surface area contributed by atoms with Crippen LogP contribution in [0.25, 0.3) is 0 Å². The highest BCUT2D eigenvalue weighted by molar-refractivity contribution is 5.60. The highest BCUT2D eigenvalue weighted by atomic mass is 16.7. The van der Waals surface area contributed by atoms with Gasteiger partial charge in [-0.05, 0) is 53.4 Å². The summed E-state index contributed by atoms with van der Waals surface area (Å²) in [5.41, 5.74) is -0.466. The van der Waals surface area contributed by atoms with Crippen molar-refractivity contribution in [3.63, 3.8) is 0 Å². The molecule has 0 aliphatic carbocycles. The molecule has 260 valence electrons. The van der Waals surface area contributed by atoms with Crippen LogP contribution in [0.4, 0.5) is 4.79 Å². The smallest absolute Gasteiger partial charge is 0.431 e. The summed E-state index contributed by atoms with van der Waals surface area (Å²) in [5.74, 6) is 0. The molecule has 2 aliphatic rings. The summed E-state index contributed by atoms with van der Waals surface area (Å²) in [6.45, 7) is 16.4.